The van der Waals surface area contributed by atoms with Crippen LogP contribution in [-0.4, -0.2) is 5.78 Å². The second-order valence-electron chi connectivity index (χ2n) is 4.75. The van der Waals surface area contributed by atoms with Crippen LogP contribution in [0.2, 0.25) is 0 Å². The Morgan fingerprint density at radius 2 is 1.94 bits per heavy atom. The minimum atomic E-state index is -0.245. The third kappa shape index (κ3) is 3.16. The van der Waals surface area contributed by atoms with Gasteiger partial charge in [-0.3, -0.25) is 4.79 Å². The Morgan fingerprint density at radius 3 is 2.44 bits per heavy atom. The average Bonchev–Trinajstić information content (AvgIpc) is 2.20. The summed E-state index contributed by atoms with van der Waals surface area (Å²) in [5.74, 6) is 0.396. The van der Waals surface area contributed by atoms with Gasteiger partial charge in [0.1, 0.15) is 11.6 Å². The Morgan fingerprint density at radius 1 is 1.31 bits per heavy atom. The molecule has 1 aromatic rings. The van der Waals surface area contributed by atoms with Crippen LogP contribution in [-0.2, 0) is 11.2 Å². The standard InChI is InChI=1S/C14H19FO/c1-9(2)11(4)14(16)8-12-5-6-13(15)7-10(12)3/h5-7,9,11H,8H2,1-4H3. The number of carbonyl (C=O) groups is 1. The Hall–Kier alpha value is -1.18. The van der Waals surface area contributed by atoms with Crippen molar-refractivity contribution in [3.8, 4) is 0 Å². The maximum Gasteiger partial charge on any atom is 0.140 e. The molecule has 0 saturated heterocycles. The third-order valence-corrected chi connectivity index (χ3v) is 3.18. The van der Waals surface area contributed by atoms with E-state index in [0.717, 1.165) is 11.1 Å². The van der Waals surface area contributed by atoms with Crippen molar-refractivity contribution < 1.29 is 9.18 Å². The molecule has 0 aromatic heterocycles. The van der Waals surface area contributed by atoms with Gasteiger partial charge in [0.05, 0.1) is 0 Å². The van der Waals surface area contributed by atoms with Crippen molar-refractivity contribution in [2.24, 2.45) is 11.8 Å². The molecule has 0 aliphatic carbocycles. The van der Waals surface area contributed by atoms with Gasteiger partial charge in [0.15, 0.2) is 0 Å². The fourth-order valence-electron chi connectivity index (χ4n) is 1.58. The first-order valence-electron chi connectivity index (χ1n) is 5.69. The molecule has 1 atom stereocenters. The van der Waals surface area contributed by atoms with Gasteiger partial charge in [0, 0.05) is 12.3 Å². The normalized spacial score (nSPS) is 12.9. The molecular weight excluding hydrogens is 203 g/mol. The fraction of sp³-hybridized carbons (Fsp3) is 0.500. The van der Waals surface area contributed by atoms with E-state index < -0.39 is 0 Å². The molecule has 2 heteroatoms. The molecule has 0 heterocycles. The van der Waals surface area contributed by atoms with Gasteiger partial charge in [-0.05, 0) is 36.1 Å². The lowest BCUT2D eigenvalue weighted by Crippen LogP contribution is -2.19. The lowest BCUT2D eigenvalue weighted by molar-refractivity contribution is -0.122. The first kappa shape index (κ1) is 12.9. The number of hydrogen-bond donors (Lipinski definition) is 0. The van der Waals surface area contributed by atoms with Crippen LogP contribution in [0.5, 0.6) is 0 Å². The van der Waals surface area contributed by atoms with Gasteiger partial charge in [-0.25, -0.2) is 4.39 Å². The highest BCUT2D eigenvalue weighted by Crippen LogP contribution is 2.17. The summed E-state index contributed by atoms with van der Waals surface area (Å²) in [5.41, 5.74) is 1.78. The van der Waals surface area contributed by atoms with Gasteiger partial charge in [0.25, 0.3) is 0 Å². The van der Waals surface area contributed by atoms with E-state index in [2.05, 4.69) is 0 Å². The molecule has 1 nitrogen and oxygen atoms in total. The van der Waals surface area contributed by atoms with E-state index >= 15 is 0 Å². The molecule has 0 aliphatic rings. The van der Waals surface area contributed by atoms with Crippen LogP contribution in [0.3, 0.4) is 0 Å². The van der Waals surface area contributed by atoms with Gasteiger partial charge < -0.3 is 0 Å². The Balaban J connectivity index is 2.77. The Labute approximate surface area is 96.7 Å². The van der Waals surface area contributed by atoms with Crippen LogP contribution in [0.4, 0.5) is 4.39 Å². The van der Waals surface area contributed by atoms with Crippen LogP contribution in [0.1, 0.15) is 31.9 Å². The molecule has 0 radical (unpaired) electrons. The molecule has 16 heavy (non-hydrogen) atoms. The van der Waals surface area contributed by atoms with Gasteiger partial charge in [0.2, 0.25) is 0 Å². The van der Waals surface area contributed by atoms with E-state index in [9.17, 15) is 9.18 Å². The maximum atomic E-state index is 12.9. The number of aryl methyl sites for hydroxylation is 1. The highest BCUT2D eigenvalue weighted by molar-refractivity contribution is 5.83. The summed E-state index contributed by atoms with van der Waals surface area (Å²) in [5, 5.41) is 0. The minimum Gasteiger partial charge on any atom is -0.299 e. The zero-order valence-electron chi connectivity index (χ0n) is 10.4. The third-order valence-electron chi connectivity index (χ3n) is 3.18. The van der Waals surface area contributed by atoms with Crippen LogP contribution < -0.4 is 0 Å². The zero-order chi connectivity index (χ0) is 12.3. The molecule has 0 amide bonds. The van der Waals surface area contributed by atoms with E-state index in [0.29, 0.717) is 12.3 Å². The SMILES string of the molecule is Cc1cc(F)ccc1CC(=O)C(C)C(C)C. The summed E-state index contributed by atoms with van der Waals surface area (Å²) in [7, 11) is 0. The summed E-state index contributed by atoms with van der Waals surface area (Å²) in [6, 6.07) is 4.59. The largest absolute Gasteiger partial charge is 0.299 e. The summed E-state index contributed by atoms with van der Waals surface area (Å²) in [6.07, 6.45) is 0.408. The Bertz CT molecular complexity index is 382. The number of carbonyl (C=O) groups excluding carboxylic acids is 1. The Kier molecular flexibility index (Phi) is 4.22. The van der Waals surface area contributed by atoms with Crippen molar-refractivity contribution in [2.45, 2.75) is 34.1 Å². The molecular formula is C14H19FO. The van der Waals surface area contributed by atoms with Crippen molar-refractivity contribution in [1.29, 1.82) is 0 Å². The van der Waals surface area contributed by atoms with Gasteiger partial charge in [-0.1, -0.05) is 26.8 Å². The monoisotopic (exact) mass is 222 g/mol. The summed E-state index contributed by atoms with van der Waals surface area (Å²) in [4.78, 5) is 11.9. The molecule has 1 aromatic carbocycles. The first-order valence-corrected chi connectivity index (χ1v) is 5.69. The summed E-state index contributed by atoms with van der Waals surface area (Å²) >= 11 is 0. The molecule has 0 spiro atoms. The van der Waals surface area contributed by atoms with Crippen molar-refractivity contribution in [2.75, 3.05) is 0 Å². The summed E-state index contributed by atoms with van der Waals surface area (Å²) in [6.45, 7) is 7.87. The maximum absolute atomic E-state index is 12.9. The highest BCUT2D eigenvalue weighted by Gasteiger charge is 2.17. The topological polar surface area (TPSA) is 17.1 Å². The lowest BCUT2D eigenvalue weighted by atomic mass is 9.89. The van der Waals surface area contributed by atoms with Crippen molar-refractivity contribution >= 4 is 5.78 Å². The number of halogens is 1. The van der Waals surface area contributed by atoms with Gasteiger partial charge in [-0.15, -0.1) is 0 Å². The lowest BCUT2D eigenvalue weighted by Gasteiger charge is -2.14. The van der Waals surface area contributed by atoms with Crippen molar-refractivity contribution in [3.05, 3.63) is 35.1 Å². The van der Waals surface area contributed by atoms with E-state index in [4.69, 9.17) is 0 Å². The number of rotatable bonds is 4. The van der Waals surface area contributed by atoms with Crippen LogP contribution >= 0.6 is 0 Å². The number of hydrogen-bond acceptors (Lipinski definition) is 1. The summed E-state index contributed by atoms with van der Waals surface area (Å²) < 4.78 is 12.9. The predicted octanol–water partition coefficient (Wildman–Crippen LogP) is 3.54. The fourth-order valence-corrected chi connectivity index (χ4v) is 1.58. The van der Waals surface area contributed by atoms with Crippen molar-refractivity contribution in [3.63, 3.8) is 0 Å². The molecule has 1 unspecified atom stereocenters. The quantitative estimate of drug-likeness (QED) is 0.761. The zero-order valence-corrected chi connectivity index (χ0v) is 10.4. The highest BCUT2D eigenvalue weighted by atomic mass is 19.1. The van der Waals surface area contributed by atoms with Gasteiger partial charge >= 0.3 is 0 Å². The van der Waals surface area contributed by atoms with E-state index in [1.165, 1.54) is 12.1 Å². The molecule has 0 bridgehead atoms. The molecule has 0 aliphatic heterocycles. The molecule has 0 N–H and O–H groups in total. The van der Waals surface area contributed by atoms with Crippen LogP contribution in [0, 0.1) is 24.6 Å². The number of Topliss-reactive ketones (excluding diaryl/α,β-unsaturated/α-hetero) is 1. The first-order chi connectivity index (χ1) is 7.41. The number of ketones is 1. The average molecular weight is 222 g/mol. The van der Waals surface area contributed by atoms with Crippen LogP contribution in [0.15, 0.2) is 18.2 Å². The smallest absolute Gasteiger partial charge is 0.140 e. The van der Waals surface area contributed by atoms with E-state index in [1.807, 2.05) is 27.7 Å². The van der Waals surface area contributed by atoms with Gasteiger partial charge in [-0.2, -0.15) is 0 Å². The van der Waals surface area contributed by atoms with E-state index in [-0.39, 0.29) is 17.5 Å². The molecule has 1 rings (SSSR count). The second kappa shape index (κ2) is 5.24. The molecule has 0 fully saturated rings. The minimum absolute atomic E-state index is 0.0597. The van der Waals surface area contributed by atoms with Crippen LogP contribution in [0.25, 0.3) is 0 Å². The number of benzene rings is 1. The van der Waals surface area contributed by atoms with Crippen molar-refractivity contribution in [1.82, 2.24) is 0 Å². The second-order valence-corrected chi connectivity index (χ2v) is 4.75. The van der Waals surface area contributed by atoms with E-state index in [1.54, 1.807) is 6.07 Å². The molecule has 0 saturated carbocycles. The molecule has 88 valence electrons. The predicted molar refractivity (Wildman–Crippen MR) is 63.9 cm³/mol.